The van der Waals surface area contributed by atoms with Crippen molar-refractivity contribution in [3.05, 3.63) is 69.7 Å². The van der Waals surface area contributed by atoms with E-state index in [-0.39, 0.29) is 11.7 Å². The van der Waals surface area contributed by atoms with Gasteiger partial charge in [-0.2, -0.15) is 0 Å². The Morgan fingerprint density at radius 1 is 1.17 bits per heavy atom. The fraction of sp³-hybridized carbons (Fsp3) is 0.235. The summed E-state index contributed by atoms with van der Waals surface area (Å²) in [5.41, 5.74) is 0.827. The maximum atomic E-state index is 13.8. The van der Waals surface area contributed by atoms with Crippen LogP contribution in [0.25, 0.3) is 0 Å². The Kier molecular flexibility index (Phi) is 4.73. The molecule has 0 N–H and O–H groups in total. The molecule has 1 fully saturated rings. The van der Waals surface area contributed by atoms with Gasteiger partial charge in [0.05, 0.1) is 18.7 Å². The van der Waals surface area contributed by atoms with E-state index in [9.17, 15) is 13.6 Å². The molecule has 0 radical (unpaired) electrons. The zero-order valence-corrected chi connectivity index (χ0v) is 13.7. The number of carbonyl (C=O) groups excluding carboxylic acids is 1. The molecule has 0 aromatic heterocycles. The van der Waals surface area contributed by atoms with Crippen molar-refractivity contribution in [3.8, 4) is 0 Å². The van der Waals surface area contributed by atoms with Gasteiger partial charge in [0.25, 0.3) is 5.91 Å². The maximum Gasteiger partial charge on any atom is 0.257 e. The lowest BCUT2D eigenvalue weighted by molar-refractivity contribution is -0.0229. The molecule has 3 nitrogen and oxygen atoms in total. The quantitative estimate of drug-likeness (QED) is 0.788. The predicted octanol–water partition coefficient (Wildman–Crippen LogP) is 3.94. The lowest BCUT2D eigenvalue weighted by Crippen LogP contribution is -2.42. The van der Waals surface area contributed by atoms with Crippen LogP contribution >= 0.6 is 15.9 Å². The fourth-order valence-electron chi connectivity index (χ4n) is 2.55. The van der Waals surface area contributed by atoms with Gasteiger partial charge in [-0.25, -0.2) is 8.78 Å². The molecule has 2 aromatic carbocycles. The number of hydrogen-bond donors (Lipinski definition) is 0. The van der Waals surface area contributed by atoms with Gasteiger partial charge < -0.3 is 9.64 Å². The second-order valence-electron chi connectivity index (χ2n) is 5.29. The summed E-state index contributed by atoms with van der Waals surface area (Å²) in [6.45, 7) is 1.08. The van der Waals surface area contributed by atoms with Gasteiger partial charge in [0.1, 0.15) is 17.7 Å². The van der Waals surface area contributed by atoms with Gasteiger partial charge in [-0.05, 0) is 29.8 Å². The third-order valence-electron chi connectivity index (χ3n) is 3.76. The first-order chi connectivity index (χ1) is 11.0. The zero-order chi connectivity index (χ0) is 16.4. The van der Waals surface area contributed by atoms with Crippen LogP contribution in [0.15, 0.2) is 46.9 Å². The van der Waals surface area contributed by atoms with E-state index in [1.807, 2.05) is 24.3 Å². The van der Waals surface area contributed by atoms with Crippen molar-refractivity contribution in [2.45, 2.75) is 6.10 Å². The van der Waals surface area contributed by atoms with Crippen LogP contribution in [0, 0.1) is 11.6 Å². The van der Waals surface area contributed by atoms with Crippen molar-refractivity contribution in [1.29, 1.82) is 0 Å². The van der Waals surface area contributed by atoms with E-state index in [1.165, 1.54) is 11.0 Å². The molecule has 1 unspecified atom stereocenters. The molecule has 1 aliphatic heterocycles. The highest BCUT2D eigenvalue weighted by Crippen LogP contribution is 2.25. The highest BCUT2D eigenvalue weighted by molar-refractivity contribution is 9.10. The molecule has 0 aliphatic carbocycles. The van der Waals surface area contributed by atoms with Crippen molar-refractivity contribution >= 4 is 21.8 Å². The summed E-state index contributed by atoms with van der Waals surface area (Å²) < 4.78 is 33.4. The van der Waals surface area contributed by atoms with Crippen LogP contribution in [0.5, 0.6) is 0 Å². The average molecular weight is 382 g/mol. The van der Waals surface area contributed by atoms with Crippen LogP contribution < -0.4 is 0 Å². The SMILES string of the molecule is O=C(c1ccc(F)cc1F)N1CCOC(c2ccc(Br)cc2)C1. The van der Waals surface area contributed by atoms with E-state index in [0.29, 0.717) is 19.7 Å². The summed E-state index contributed by atoms with van der Waals surface area (Å²) in [7, 11) is 0. The lowest BCUT2D eigenvalue weighted by Gasteiger charge is -2.33. The van der Waals surface area contributed by atoms with E-state index >= 15 is 0 Å². The first-order valence-electron chi connectivity index (χ1n) is 7.16. The summed E-state index contributed by atoms with van der Waals surface area (Å²) in [5.74, 6) is -2.00. The molecular formula is C17H14BrF2NO2. The highest BCUT2D eigenvalue weighted by atomic mass is 79.9. The van der Waals surface area contributed by atoms with Gasteiger partial charge in [-0.1, -0.05) is 28.1 Å². The number of hydrogen-bond acceptors (Lipinski definition) is 2. The molecule has 1 amide bonds. The summed E-state index contributed by atoms with van der Waals surface area (Å²) in [6.07, 6.45) is -0.260. The third-order valence-corrected chi connectivity index (χ3v) is 4.29. The van der Waals surface area contributed by atoms with Gasteiger partial charge in [-0.15, -0.1) is 0 Å². The molecule has 1 heterocycles. The van der Waals surface area contributed by atoms with Crippen LogP contribution in [0.2, 0.25) is 0 Å². The van der Waals surface area contributed by atoms with Crippen molar-refractivity contribution < 1.29 is 18.3 Å². The molecular weight excluding hydrogens is 368 g/mol. The van der Waals surface area contributed by atoms with Crippen molar-refractivity contribution in [2.24, 2.45) is 0 Å². The second-order valence-corrected chi connectivity index (χ2v) is 6.20. The van der Waals surface area contributed by atoms with Gasteiger partial charge in [0.2, 0.25) is 0 Å². The number of nitrogens with zero attached hydrogens (tertiary/aromatic N) is 1. The van der Waals surface area contributed by atoms with Crippen LogP contribution in [0.1, 0.15) is 22.0 Å². The van der Waals surface area contributed by atoms with E-state index in [1.54, 1.807) is 0 Å². The van der Waals surface area contributed by atoms with Gasteiger partial charge in [0.15, 0.2) is 0 Å². The van der Waals surface area contributed by atoms with Crippen LogP contribution in [0.4, 0.5) is 8.78 Å². The summed E-state index contributed by atoms with van der Waals surface area (Å²) in [4.78, 5) is 14.0. The number of ether oxygens (including phenoxy) is 1. The molecule has 0 bridgehead atoms. The van der Waals surface area contributed by atoms with E-state index in [0.717, 1.165) is 22.2 Å². The van der Waals surface area contributed by atoms with E-state index < -0.39 is 17.5 Å². The van der Waals surface area contributed by atoms with Crippen molar-refractivity contribution in [2.75, 3.05) is 19.7 Å². The van der Waals surface area contributed by atoms with E-state index in [4.69, 9.17) is 4.74 Å². The molecule has 23 heavy (non-hydrogen) atoms. The largest absolute Gasteiger partial charge is 0.370 e. The smallest absolute Gasteiger partial charge is 0.257 e. The first kappa shape index (κ1) is 16.1. The standard InChI is InChI=1S/C17H14BrF2NO2/c18-12-3-1-11(2-4-12)16-10-21(7-8-23-16)17(22)14-6-5-13(19)9-15(14)20/h1-6,9,16H,7-8,10H2. The Bertz CT molecular complexity index is 721. The van der Waals surface area contributed by atoms with Crippen LogP contribution in [-0.2, 0) is 4.74 Å². The number of carbonyl (C=O) groups is 1. The van der Waals surface area contributed by atoms with Crippen LogP contribution in [-0.4, -0.2) is 30.5 Å². The molecule has 120 valence electrons. The van der Waals surface area contributed by atoms with Crippen molar-refractivity contribution in [1.82, 2.24) is 4.90 Å². The Morgan fingerprint density at radius 3 is 2.61 bits per heavy atom. The van der Waals surface area contributed by atoms with E-state index in [2.05, 4.69) is 15.9 Å². The molecule has 2 aromatic rings. The summed E-state index contributed by atoms with van der Waals surface area (Å²) in [5, 5.41) is 0. The minimum absolute atomic E-state index is 0.122. The second kappa shape index (κ2) is 6.76. The Morgan fingerprint density at radius 2 is 1.91 bits per heavy atom. The molecule has 1 atom stereocenters. The lowest BCUT2D eigenvalue weighted by atomic mass is 10.1. The summed E-state index contributed by atoms with van der Waals surface area (Å²) >= 11 is 3.37. The monoisotopic (exact) mass is 381 g/mol. The maximum absolute atomic E-state index is 13.8. The predicted molar refractivity (Wildman–Crippen MR) is 85.1 cm³/mol. The summed E-state index contributed by atoms with van der Waals surface area (Å²) in [6, 6.07) is 10.6. The molecule has 1 aliphatic rings. The topological polar surface area (TPSA) is 29.5 Å². The Hall–Kier alpha value is -1.79. The van der Waals surface area contributed by atoms with Gasteiger partial charge in [-0.3, -0.25) is 4.79 Å². The number of halogens is 3. The zero-order valence-electron chi connectivity index (χ0n) is 12.1. The number of amides is 1. The first-order valence-corrected chi connectivity index (χ1v) is 7.95. The average Bonchev–Trinajstić information content (AvgIpc) is 2.55. The molecule has 0 saturated carbocycles. The Balaban J connectivity index is 1.77. The number of rotatable bonds is 2. The number of benzene rings is 2. The van der Waals surface area contributed by atoms with Gasteiger partial charge >= 0.3 is 0 Å². The molecule has 6 heteroatoms. The minimum Gasteiger partial charge on any atom is -0.370 e. The normalized spacial score (nSPS) is 18.0. The van der Waals surface area contributed by atoms with Crippen molar-refractivity contribution in [3.63, 3.8) is 0 Å². The molecule has 1 saturated heterocycles. The minimum atomic E-state index is -0.846. The number of morpholine rings is 1. The molecule has 0 spiro atoms. The Labute approximate surface area is 141 Å². The van der Waals surface area contributed by atoms with Gasteiger partial charge in [0, 0.05) is 17.1 Å². The molecule has 3 rings (SSSR count). The third kappa shape index (κ3) is 3.59. The fourth-order valence-corrected chi connectivity index (χ4v) is 2.81. The van der Waals surface area contributed by atoms with Crippen LogP contribution in [0.3, 0.4) is 0 Å². The highest BCUT2D eigenvalue weighted by Gasteiger charge is 2.27.